The third-order valence-electron chi connectivity index (χ3n) is 3.60. The molecule has 0 saturated heterocycles. The normalized spacial score (nSPS) is 13.2. The molecule has 0 amide bonds. The van der Waals surface area contributed by atoms with Gasteiger partial charge < -0.3 is 9.84 Å². The van der Waals surface area contributed by atoms with E-state index in [-0.39, 0.29) is 11.5 Å². The molecule has 0 aliphatic heterocycles. The lowest BCUT2D eigenvalue weighted by atomic mass is 10.1. The summed E-state index contributed by atoms with van der Waals surface area (Å²) in [5, 5.41) is 10.9. The van der Waals surface area contributed by atoms with Crippen molar-refractivity contribution in [2.45, 2.75) is 37.6 Å². The van der Waals surface area contributed by atoms with Crippen molar-refractivity contribution < 1.29 is 18.3 Å². The lowest BCUT2D eigenvalue weighted by Gasteiger charge is -2.14. The third-order valence-corrected chi connectivity index (χ3v) is 5.12. The minimum Gasteiger partial charge on any atom is -0.494 e. The smallest absolute Gasteiger partial charge is 0.240 e. The zero-order valence-electron chi connectivity index (χ0n) is 13.5. The summed E-state index contributed by atoms with van der Waals surface area (Å²) in [5.41, 5.74) is 0. The number of aliphatic hydroxyl groups is 1. The average molecular weight is 337 g/mol. The van der Waals surface area contributed by atoms with Crippen LogP contribution in [0.5, 0.6) is 5.75 Å². The quantitative estimate of drug-likeness (QED) is 0.776. The highest BCUT2D eigenvalue weighted by atomic mass is 32.2. The molecule has 126 valence electrons. The van der Waals surface area contributed by atoms with Gasteiger partial charge in [0.2, 0.25) is 10.0 Å². The van der Waals surface area contributed by atoms with E-state index >= 15 is 0 Å². The number of hydrogen-bond acceptors (Lipinski definition) is 4. The first kappa shape index (κ1) is 17.7. The minimum absolute atomic E-state index is 0.194. The summed E-state index contributed by atoms with van der Waals surface area (Å²) in [5.74, 6) is 0.777. The zero-order valence-corrected chi connectivity index (χ0v) is 14.3. The van der Waals surface area contributed by atoms with Crippen LogP contribution in [-0.4, -0.2) is 32.8 Å². The molecule has 5 nitrogen and oxygen atoms in total. The van der Waals surface area contributed by atoms with Gasteiger partial charge in [-0.05, 0) is 47.9 Å². The van der Waals surface area contributed by atoms with Gasteiger partial charge in [-0.1, -0.05) is 26.0 Å². The molecule has 1 atom stereocenters. The van der Waals surface area contributed by atoms with Crippen molar-refractivity contribution in [2.24, 2.45) is 0 Å². The first-order chi connectivity index (χ1) is 11.0. The molecule has 0 fully saturated rings. The van der Waals surface area contributed by atoms with Crippen LogP contribution in [0.3, 0.4) is 0 Å². The van der Waals surface area contributed by atoms with Gasteiger partial charge >= 0.3 is 0 Å². The Bertz CT molecular complexity index is 754. The molecule has 2 aromatic carbocycles. The molecule has 0 aliphatic rings. The van der Waals surface area contributed by atoms with E-state index in [1.807, 2.05) is 32.0 Å². The lowest BCUT2D eigenvalue weighted by molar-refractivity contribution is 0.254. The van der Waals surface area contributed by atoms with E-state index in [1.165, 1.54) is 0 Å². The predicted octanol–water partition coefficient (Wildman–Crippen LogP) is 2.68. The molecule has 2 rings (SSSR count). The number of rotatable bonds is 8. The maximum atomic E-state index is 12.4. The Morgan fingerprint density at radius 3 is 2.48 bits per heavy atom. The summed E-state index contributed by atoms with van der Waals surface area (Å²) >= 11 is 0. The van der Waals surface area contributed by atoms with Crippen LogP contribution in [0.1, 0.15) is 26.7 Å². The first-order valence-corrected chi connectivity index (χ1v) is 9.28. The van der Waals surface area contributed by atoms with Gasteiger partial charge in [0.25, 0.3) is 0 Å². The molecule has 0 radical (unpaired) electrons. The Morgan fingerprint density at radius 1 is 1.13 bits per heavy atom. The van der Waals surface area contributed by atoms with Gasteiger partial charge in [-0.15, -0.1) is 0 Å². The van der Waals surface area contributed by atoms with Gasteiger partial charge in [0.1, 0.15) is 5.75 Å². The second kappa shape index (κ2) is 7.77. The molecule has 0 saturated carbocycles. The molecule has 0 unspecified atom stereocenters. The Morgan fingerprint density at radius 2 is 1.83 bits per heavy atom. The summed E-state index contributed by atoms with van der Waals surface area (Å²) in [6, 6.07) is 10.1. The maximum absolute atomic E-state index is 12.4. The molecule has 0 aromatic heterocycles. The molecule has 0 bridgehead atoms. The highest BCUT2D eigenvalue weighted by molar-refractivity contribution is 7.89. The monoisotopic (exact) mass is 337 g/mol. The van der Waals surface area contributed by atoms with Crippen LogP contribution in [0.25, 0.3) is 10.8 Å². The molecule has 2 N–H and O–H groups in total. The van der Waals surface area contributed by atoms with Gasteiger partial charge in [-0.25, -0.2) is 13.1 Å². The second-order valence-electron chi connectivity index (χ2n) is 5.43. The highest BCUT2D eigenvalue weighted by Gasteiger charge is 2.18. The Hall–Kier alpha value is -1.63. The summed E-state index contributed by atoms with van der Waals surface area (Å²) in [4.78, 5) is 0.194. The van der Waals surface area contributed by atoms with Crippen molar-refractivity contribution in [3.8, 4) is 5.75 Å². The van der Waals surface area contributed by atoms with Crippen LogP contribution in [0.4, 0.5) is 0 Å². The molecular weight excluding hydrogens is 314 g/mol. The Kier molecular flexibility index (Phi) is 5.98. The van der Waals surface area contributed by atoms with Gasteiger partial charge in [-0.3, -0.25) is 0 Å². The van der Waals surface area contributed by atoms with Gasteiger partial charge in [0.15, 0.2) is 0 Å². The molecule has 2 aromatic rings. The van der Waals surface area contributed by atoms with Crippen LogP contribution in [-0.2, 0) is 10.0 Å². The number of sulfonamides is 1. The van der Waals surface area contributed by atoms with Gasteiger partial charge in [-0.2, -0.15) is 0 Å². The third kappa shape index (κ3) is 4.43. The van der Waals surface area contributed by atoms with Gasteiger partial charge in [0, 0.05) is 6.04 Å². The van der Waals surface area contributed by atoms with Crippen molar-refractivity contribution >= 4 is 20.8 Å². The first-order valence-electron chi connectivity index (χ1n) is 7.80. The number of ether oxygens (including phenoxy) is 1. The zero-order chi connectivity index (χ0) is 16.9. The lowest BCUT2D eigenvalue weighted by Crippen LogP contribution is -2.36. The van der Waals surface area contributed by atoms with Crippen LogP contribution in [0, 0.1) is 0 Å². The SMILES string of the molecule is CCCOc1ccc2cc(S(=O)(=O)N[C@@H](CC)CO)ccc2c1. The van der Waals surface area contributed by atoms with Crippen LogP contribution in [0.15, 0.2) is 41.3 Å². The van der Waals surface area contributed by atoms with Crippen LogP contribution < -0.4 is 9.46 Å². The fraction of sp³-hybridized carbons (Fsp3) is 0.412. The standard InChI is InChI=1S/C17H23NO4S/c1-3-9-22-16-7-5-14-11-17(8-6-13(14)10-16)23(20,21)18-15(4-2)12-19/h5-8,10-11,15,18-19H,3-4,9,12H2,1-2H3/t15-/m0/s1. The Labute approximate surface area is 137 Å². The largest absolute Gasteiger partial charge is 0.494 e. The number of hydrogen-bond donors (Lipinski definition) is 2. The van der Waals surface area contributed by atoms with Crippen LogP contribution >= 0.6 is 0 Å². The van der Waals surface area contributed by atoms with Crippen LogP contribution in [0.2, 0.25) is 0 Å². The van der Waals surface area contributed by atoms with E-state index in [0.29, 0.717) is 13.0 Å². The van der Waals surface area contributed by atoms with Crippen molar-refractivity contribution in [1.29, 1.82) is 0 Å². The molecule has 6 heteroatoms. The molecule has 23 heavy (non-hydrogen) atoms. The Balaban J connectivity index is 2.29. The number of aliphatic hydroxyl groups excluding tert-OH is 1. The number of nitrogens with one attached hydrogen (secondary N) is 1. The number of benzene rings is 2. The van der Waals surface area contributed by atoms with E-state index in [1.54, 1.807) is 18.2 Å². The van der Waals surface area contributed by atoms with E-state index in [9.17, 15) is 8.42 Å². The summed E-state index contributed by atoms with van der Waals surface area (Å²) in [6.07, 6.45) is 1.46. The van der Waals surface area contributed by atoms with E-state index in [2.05, 4.69) is 4.72 Å². The van der Waals surface area contributed by atoms with Gasteiger partial charge in [0.05, 0.1) is 18.1 Å². The molecule has 0 aliphatic carbocycles. The van der Waals surface area contributed by atoms with E-state index < -0.39 is 16.1 Å². The van der Waals surface area contributed by atoms with Crippen molar-refractivity contribution in [2.75, 3.05) is 13.2 Å². The molecule has 0 spiro atoms. The second-order valence-corrected chi connectivity index (χ2v) is 7.14. The van der Waals surface area contributed by atoms with Crippen molar-refractivity contribution in [3.05, 3.63) is 36.4 Å². The summed E-state index contributed by atoms with van der Waals surface area (Å²) < 4.78 is 32.8. The summed E-state index contributed by atoms with van der Waals surface area (Å²) in [7, 11) is -3.64. The summed E-state index contributed by atoms with van der Waals surface area (Å²) in [6.45, 7) is 4.30. The molecular formula is C17H23NO4S. The van der Waals surface area contributed by atoms with Crippen molar-refractivity contribution in [1.82, 2.24) is 4.72 Å². The highest BCUT2D eigenvalue weighted by Crippen LogP contribution is 2.24. The molecule has 0 heterocycles. The minimum atomic E-state index is -3.64. The number of fused-ring (bicyclic) bond motifs is 1. The van der Waals surface area contributed by atoms with Crippen molar-refractivity contribution in [3.63, 3.8) is 0 Å². The fourth-order valence-electron chi connectivity index (χ4n) is 2.22. The average Bonchev–Trinajstić information content (AvgIpc) is 2.57. The predicted molar refractivity (Wildman–Crippen MR) is 91.2 cm³/mol. The maximum Gasteiger partial charge on any atom is 0.240 e. The van der Waals surface area contributed by atoms with E-state index in [4.69, 9.17) is 9.84 Å². The van der Waals surface area contributed by atoms with E-state index in [0.717, 1.165) is 22.9 Å². The fourth-order valence-corrected chi connectivity index (χ4v) is 3.56. The topological polar surface area (TPSA) is 75.6 Å².